The van der Waals surface area contributed by atoms with Crippen LogP contribution in [0.4, 0.5) is 0 Å². The summed E-state index contributed by atoms with van der Waals surface area (Å²) < 4.78 is 10.9. The molecule has 0 saturated carbocycles. The van der Waals surface area contributed by atoms with Crippen molar-refractivity contribution in [2.45, 2.75) is 37.9 Å². The third-order valence-electron chi connectivity index (χ3n) is 1.80. The smallest absolute Gasteiger partial charge is 0.177 e. The van der Waals surface area contributed by atoms with Crippen LogP contribution in [0, 0.1) is 0 Å². The molecular weight excluding hydrogens is 148 g/mol. The zero-order chi connectivity index (χ0) is 7.78. The first kappa shape index (κ1) is 8.37. The van der Waals surface area contributed by atoms with Crippen LogP contribution in [-0.4, -0.2) is 23.7 Å². The van der Waals surface area contributed by atoms with E-state index in [2.05, 4.69) is 12.6 Å². The van der Waals surface area contributed by atoms with Crippen LogP contribution in [-0.2, 0) is 9.47 Å². The molecule has 1 saturated heterocycles. The first-order valence-electron chi connectivity index (χ1n) is 3.54. The van der Waals surface area contributed by atoms with Gasteiger partial charge in [0.05, 0.1) is 18.0 Å². The second kappa shape index (κ2) is 2.72. The van der Waals surface area contributed by atoms with E-state index in [0.29, 0.717) is 6.61 Å². The lowest BCUT2D eigenvalue weighted by atomic mass is 10.2. The topological polar surface area (TPSA) is 18.5 Å². The lowest BCUT2D eigenvalue weighted by Crippen LogP contribution is -2.35. The van der Waals surface area contributed by atoms with Crippen molar-refractivity contribution in [2.24, 2.45) is 0 Å². The van der Waals surface area contributed by atoms with Gasteiger partial charge in [-0.1, -0.05) is 0 Å². The summed E-state index contributed by atoms with van der Waals surface area (Å²) in [5, 5.41) is 0.123. The number of ether oxygens (including phenoxy) is 2. The average molecular weight is 162 g/mol. The van der Waals surface area contributed by atoms with Crippen LogP contribution in [0.15, 0.2) is 0 Å². The summed E-state index contributed by atoms with van der Waals surface area (Å²) in [6.07, 6.45) is 0.208. The maximum absolute atomic E-state index is 5.51. The molecule has 3 unspecified atom stereocenters. The van der Waals surface area contributed by atoms with Crippen molar-refractivity contribution < 1.29 is 9.47 Å². The van der Waals surface area contributed by atoms with E-state index in [4.69, 9.17) is 9.47 Å². The zero-order valence-electron chi connectivity index (χ0n) is 6.63. The van der Waals surface area contributed by atoms with Gasteiger partial charge in [0.25, 0.3) is 0 Å². The van der Waals surface area contributed by atoms with E-state index in [1.807, 2.05) is 20.8 Å². The van der Waals surface area contributed by atoms with Crippen molar-refractivity contribution >= 4 is 12.6 Å². The highest BCUT2D eigenvalue weighted by atomic mass is 32.1. The van der Waals surface area contributed by atoms with Gasteiger partial charge < -0.3 is 9.47 Å². The Bertz CT molecular complexity index is 127. The quantitative estimate of drug-likeness (QED) is 0.588. The summed E-state index contributed by atoms with van der Waals surface area (Å²) in [5.74, 6) is -0.470. The molecule has 1 aliphatic rings. The van der Waals surface area contributed by atoms with Gasteiger partial charge in [-0.2, -0.15) is 12.6 Å². The molecule has 10 heavy (non-hydrogen) atoms. The average Bonchev–Trinajstić information content (AvgIpc) is 2.13. The summed E-state index contributed by atoms with van der Waals surface area (Å²) in [4.78, 5) is 0. The zero-order valence-corrected chi connectivity index (χ0v) is 7.52. The molecule has 0 radical (unpaired) electrons. The monoisotopic (exact) mass is 162 g/mol. The molecule has 1 fully saturated rings. The normalized spacial score (nSPS) is 43.8. The lowest BCUT2D eigenvalue weighted by Gasteiger charge is -2.26. The second-order valence-corrected chi connectivity index (χ2v) is 3.71. The largest absolute Gasteiger partial charge is 0.346 e. The van der Waals surface area contributed by atoms with Crippen molar-refractivity contribution in [3.05, 3.63) is 0 Å². The highest BCUT2D eigenvalue weighted by molar-refractivity contribution is 7.81. The van der Waals surface area contributed by atoms with Gasteiger partial charge in [-0.3, -0.25) is 0 Å². The van der Waals surface area contributed by atoms with Crippen LogP contribution in [0.3, 0.4) is 0 Å². The Morgan fingerprint density at radius 1 is 1.70 bits per heavy atom. The predicted molar refractivity (Wildman–Crippen MR) is 43.4 cm³/mol. The molecular formula is C7H14O2S. The van der Waals surface area contributed by atoms with Gasteiger partial charge in [0, 0.05) is 0 Å². The molecule has 0 spiro atoms. The van der Waals surface area contributed by atoms with Crippen LogP contribution in [0.2, 0.25) is 0 Å². The van der Waals surface area contributed by atoms with Gasteiger partial charge in [-0.05, 0) is 20.8 Å². The van der Waals surface area contributed by atoms with Crippen LogP contribution >= 0.6 is 12.6 Å². The van der Waals surface area contributed by atoms with Crippen LogP contribution < -0.4 is 0 Å². The summed E-state index contributed by atoms with van der Waals surface area (Å²) in [5.41, 5.74) is 0. The Balaban J connectivity index is 2.54. The molecule has 3 atom stereocenters. The molecule has 2 nitrogen and oxygen atoms in total. The van der Waals surface area contributed by atoms with E-state index < -0.39 is 5.79 Å². The first-order chi connectivity index (χ1) is 4.54. The van der Waals surface area contributed by atoms with Gasteiger partial charge in [0.2, 0.25) is 0 Å². The van der Waals surface area contributed by atoms with E-state index in [0.717, 1.165) is 0 Å². The van der Waals surface area contributed by atoms with Gasteiger partial charge in [-0.25, -0.2) is 0 Å². The van der Waals surface area contributed by atoms with Crippen molar-refractivity contribution in [1.82, 2.24) is 0 Å². The third-order valence-corrected chi connectivity index (χ3v) is 2.27. The summed E-state index contributed by atoms with van der Waals surface area (Å²) in [7, 11) is 0. The molecule has 0 aliphatic carbocycles. The molecule has 0 bridgehead atoms. The Labute approximate surface area is 67.3 Å². The molecule has 0 amide bonds. The second-order valence-electron chi connectivity index (χ2n) is 2.93. The Kier molecular flexibility index (Phi) is 2.28. The molecule has 0 aromatic heterocycles. The van der Waals surface area contributed by atoms with Crippen LogP contribution in [0.25, 0.3) is 0 Å². The summed E-state index contributed by atoms with van der Waals surface area (Å²) >= 11 is 4.27. The fraction of sp³-hybridized carbons (Fsp3) is 1.00. The Hall–Kier alpha value is 0.270. The number of hydrogen-bond donors (Lipinski definition) is 1. The summed E-state index contributed by atoms with van der Waals surface area (Å²) in [6, 6.07) is 0. The van der Waals surface area contributed by atoms with Crippen LogP contribution in [0.5, 0.6) is 0 Å². The standard InChI is InChI=1S/C7H14O2S/c1-5-4-8-7(3,9-5)6(2)10/h5-6,10H,4H2,1-3H3. The minimum Gasteiger partial charge on any atom is -0.346 e. The maximum atomic E-state index is 5.51. The molecule has 1 aliphatic heterocycles. The Morgan fingerprint density at radius 2 is 2.30 bits per heavy atom. The molecule has 1 heterocycles. The van der Waals surface area contributed by atoms with Gasteiger partial charge in [-0.15, -0.1) is 0 Å². The molecule has 0 N–H and O–H groups in total. The first-order valence-corrected chi connectivity index (χ1v) is 4.06. The van der Waals surface area contributed by atoms with E-state index in [1.165, 1.54) is 0 Å². The lowest BCUT2D eigenvalue weighted by molar-refractivity contribution is -0.148. The Morgan fingerprint density at radius 3 is 2.50 bits per heavy atom. The van der Waals surface area contributed by atoms with E-state index in [-0.39, 0.29) is 11.4 Å². The molecule has 3 heteroatoms. The number of hydrogen-bond acceptors (Lipinski definition) is 3. The number of thiol groups is 1. The highest BCUT2D eigenvalue weighted by Gasteiger charge is 2.38. The fourth-order valence-corrected chi connectivity index (χ4v) is 1.10. The minimum atomic E-state index is -0.470. The summed E-state index contributed by atoms with van der Waals surface area (Å²) in [6.45, 7) is 6.58. The SMILES string of the molecule is CC1COC(C)(C(C)S)O1. The van der Waals surface area contributed by atoms with Gasteiger partial charge >= 0.3 is 0 Å². The van der Waals surface area contributed by atoms with E-state index in [1.54, 1.807) is 0 Å². The predicted octanol–water partition coefficient (Wildman–Crippen LogP) is 1.46. The highest BCUT2D eigenvalue weighted by Crippen LogP contribution is 2.28. The van der Waals surface area contributed by atoms with E-state index in [9.17, 15) is 0 Å². The van der Waals surface area contributed by atoms with Gasteiger partial charge in [0.15, 0.2) is 5.79 Å². The van der Waals surface area contributed by atoms with Gasteiger partial charge in [0.1, 0.15) is 0 Å². The fourth-order valence-electron chi connectivity index (χ4n) is 0.969. The molecule has 0 aromatic rings. The molecule has 60 valence electrons. The number of rotatable bonds is 1. The van der Waals surface area contributed by atoms with Crippen molar-refractivity contribution in [3.63, 3.8) is 0 Å². The van der Waals surface area contributed by atoms with Crippen LogP contribution in [0.1, 0.15) is 20.8 Å². The minimum absolute atomic E-state index is 0.123. The maximum Gasteiger partial charge on any atom is 0.177 e. The van der Waals surface area contributed by atoms with Crippen molar-refractivity contribution in [2.75, 3.05) is 6.61 Å². The molecule has 1 rings (SSSR count). The third kappa shape index (κ3) is 1.47. The van der Waals surface area contributed by atoms with E-state index >= 15 is 0 Å². The molecule has 0 aromatic carbocycles. The van der Waals surface area contributed by atoms with Crippen molar-refractivity contribution in [3.8, 4) is 0 Å². The van der Waals surface area contributed by atoms with Crippen molar-refractivity contribution in [1.29, 1.82) is 0 Å².